The normalized spacial score (nSPS) is 13.6. The highest BCUT2D eigenvalue weighted by Crippen LogP contribution is 2.12. The Morgan fingerprint density at radius 2 is 0.867 bits per heavy atom. The van der Waals surface area contributed by atoms with Gasteiger partial charge < -0.3 is 21.3 Å². The summed E-state index contributed by atoms with van der Waals surface area (Å²) in [5.41, 5.74) is 0.987. The molecule has 10 heteroatoms. The quantitative estimate of drug-likeness (QED) is 0.133. The van der Waals surface area contributed by atoms with Crippen molar-refractivity contribution in [3.63, 3.8) is 0 Å². The van der Waals surface area contributed by atoms with Crippen molar-refractivity contribution in [1.29, 1.82) is 0 Å². The Morgan fingerprint density at radius 1 is 0.556 bits per heavy atom. The van der Waals surface area contributed by atoms with Gasteiger partial charge in [0.25, 0.3) is 11.8 Å². The van der Waals surface area contributed by atoms with Crippen molar-refractivity contribution < 1.29 is 19.2 Å². The number of carbonyl (C=O) groups is 4. The lowest BCUT2D eigenvalue weighted by molar-refractivity contribution is -0.124. The number of unbranched alkanes of at least 4 members (excludes halogenated alkanes) is 8. The van der Waals surface area contributed by atoms with Crippen molar-refractivity contribution in [1.82, 2.24) is 31.2 Å². The van der Waals surface area contributed by atoms with Gasteiger partial charge in [-0.2, -0.15) is 0 Å². The molecule has 0 bridgehead atoms. The van der Waals surface area contributed by atoms with Crippen LogP contribution in [-0.2, 0) is 9.59 Å². The molecule has 0 fully saturated rings. The van der Waals surface area contributed by atoms with Crippen LogP contribution in [0.2, 0.25) is 0 Å². The molecular weight excluding hydrogens is 568 g/mol. The first-order chi connectivity index (χ1) is 21.8. The highest BCUT2D eigenvalue weighted by Gasteiger charge is 2.27. The van der Waals surface area contributed by atoms with E-state index in [-0.39, 0.29) is 35.5 Å². The first kappa shape index (κ1) is 37.4. The molecule has 2 aromatic heterocycles. The van der Waals surface area contributed by atoms with Crippen LogP contribution >= 0.6 is 0 Å². The average molecular weight is 623 g/mol. The molecule has 2 rings (SSSR count). The Balaban J connectivity index is 1.53. The number of hydrogen-bond donors (Lipinski definition) is 4. The van der Waals surface area contributed by atoms with E-state index in [9.17, 15) is 19.2 Å². The second-order valence-corrected chi connectivity index (χ2v) is 11.9. The minimum absolute atomic E-state index is 0.0273. The molecule has 0 aliphatic rings. The molecular formula is C35H54N6O4. The second-order valence-electron chi connectivity index (χ2n) is 11.9. The molecule has 2 unspecified atom stereocenters. The van der Waals surface area contributed by atoms with Crippen molar-refractivity contribution in [2.24, 2.45) is 11.8 Å². The molecule has 4 N–H and O–H groups in total. The lowest BCUT2D eigenvalue weighted by Crippen LogP contribution is -2.50. The van der Waals surface area contributed by atoms with E-state index >= 15 is 0 Å². The summed E-state index contributed by atoms with van der Waals surface area (Å²) >= 11 is 0. The summed E-state index contributed by atoms with van der Waals surface area (Å²) in [4.78, 5) is 58.6. The monoisotopic (exact) mass is 622 g/mol. The van der Waals surface area contributed by atoms with E-state index in [0.717, 1.165) is 64.2 Å². The zero-order valence-corrected chi connectivity index (χ0v) is 27.6. The summed E-state index contributed by atoms with van der Waals surface area (Å²) in [6.07, 6.45) is 17.5. The molecule has 248 valence electrons. The lowest BCUT2D eigenvalue weighted by Gasteiger charge is -2.23. The smallest absolute Gasteiger partial charge is 0.252 e. The predicted molar refractivity (Wildman–Crippen MR) is 177 cm³/mol. The van der Waals surface area contributed by atoms with Gasteiger partial charge in [-0.05, 0) is 48.9 Å². The van der Waals surface area contributed by atoms with Crippen LogP contribution in [0.3, 0.4) is 0 Å². The number of rotatable bonds is 22. The molecule has 0 spiro atoms. The van der Waals surface area contributed by atoms with Gasteiger partial charge in [0.1, 0.15) is 12.1 Å². The fraction of sp³-hybridized carbons (Fsp3) is 0.600. The number of nitrogens with zero attached hydrogens (tertiary/aromatic N) is 2. The number of carbonyl (C=O) groups excluding carboxylic acids is 4. The SMILES string of the molecule is CCC(C)[C@H](NC(=O)c1ccncc1)C(=O)NCCCCCCCCCCCNC(=O)[C@@H](NC(=O)c1ccncc1)C(C)CC. The zero-order valence-electron chi connectivity index (χ0n) is 27.6. The third-order valence-corrected chi connectivity index (χ3v) is 8.40. The molecule has 4 amide bonds. The summed E-state index contributed by atoms with van der Waals surface area (Å²) in [6, 6.07) is 5.43. The van der Waals surface area contributed by atoms with Gasteiger partial charge in [0.05, 0.1) is 0 Å². The van der Waals surface area contributed by atoms with E-state index in [0.29, 0.717) is 24.2 Å². The van der Waals surface area contributed by atoms with Gasteiger partial charge in [0, 0.05) is 49.0 Å². The third-order valence-electron chi connectivity index (χ3n) is 8.40. The third kappa shape index (κ3) is 14.2. The van der Waals surface area contributed by atoms with Crippen LogP contribution in [0.25, 0.3) is 0 Å². The largest absolute Gasteiger partial charge is 0.354 e. The summed E-state index contributed by atoms with van der Waals surface area (Å²) in [6.45, 7) is 9.19. The zero-order chi connectivity index (χ0) is 32.9. The molecule has 0 aromatic carbocycles. The molecule has 0 aliphatic heterocycles. The van der Waals surface area contributed by atoms with E-state index in [1.165, 1.54) is 6.42 Å². The van der Waals surface area contributed by atoms with E-state index in [1.807, 2.05) is 27.7 Å². The number of hydrogen-bond acceptors (Lipinski definition) is 6. The van der Waals surface area contributed by atoms with E-state index in [4.69, 9.17) is 0 Å². The Kier molecular flexibility index (Phi) is 18.1. The molecule has 0 saturated carbocycles. The lowest BCUT2D eigenvalue weighted by atomic mass is 9.97. The van der Waals surface area contributed by atoms with Crippen LogP contribution < -0.4 is 21.3 Å². The molecule has 0 radical (unpaired) electrons. The van der Waals surface area contributed by atoms with Gasteiger partial charge in [0.15, 0.2) is 0 Å². The highest BCUT2D eigenvalue weighted by molar-refractivity contribution is 5.98. The van der Waals surface area contributed by atoms with Gasteiger partial charge in [0.2, 0.25) is 11.8 Å². The molecule has 0 aliphatic carbocycles. The number of amides is 4. The summed E-state index contributed by atoms with van der Waals surface area (Å²) in [5, 5.41) is 11.8. The van der Waals surface area contributed by atoms with Crippen molar-refractivity contribution >= 4 is 23.6 Å². The van der Waals surface area contributed by atoms with Crippen LogP contribution in [0.4, 0.5) is 0 Å². The van der Waals surface area contributed by atoms with E-state index < -0.39 is 12.1 Å². The predicted octanol–water partition coefficient (Wildman–Crippen LogP) is 5.21. The molecule has 10 nitrogen and oxygen atoms in total. The minimum Gasteiger partial charge on any atom is -0.354 e. The molecule has 2 aromatic rings. The first-order valence-corrected chi connectivity index (χ1v) is 16.8. The van der Waals surface area contributed by atoms with Gasteiger partial charge >= 0.3 is 0 Å². The highest BCUT2D eigenvalue weighted by atomic mass is 16.2. The maximum atomic E-state index is 12.8. The van der Waals surface area contributed by atoms with Gasteiger partial charge in [-0.15, -0.1) is 0 Å². The minimum atomic E-state index is -0.566. The van der Waals surface area contributed by atoms with Crippen LogP contribution in [0, 0.1) is 11.8 Å². The Labute approximate surface area is 269 Å². The summed E-state index contributed by atoms with van der Waals surface area (Å²) in [5.74, 6) is -0.735. The van der Waals surface area contributed by atoms with E-state index in [1.54, 1.807) is 49.1 Å². The molecule has 45 heavy (non-hydrogen) atoms. The van der Waals surface area contributed by atoms with Crippen molar-refractivity contribution in [3.05, 3.63) is 60.2 Å². The Bertz CT molecular complexity index is 1060. The van der Waals surface area contributed by atoms with Crippen molar-refractivity contribution in [2.45, 2.75) is 110 Å². The van der Waals surface area contributed by atoms with Crippen LogP contribution in [0.1, 0.15) is 119 Å². The first-order valence-electron chi connectivity index (χ1n) is 16.8. The second kappa shape index (κ2) is 21.8. The van der Waals surface area contributed by atoms with E-state index in [2.05, 4.69) is 31.2 Å². The average Bonchev–Trinajstić information content (AvgIpc) is 3.07. The van der Waals surface area contributed by atoms with Gasteiger partial charge in [-0.3, -0.25) is 29.1 Å². The number of nitrogens with one attached hydrogen (secondary N) is 4. The fourth-order valence-corrected chi connectivity index (χ4v) is 4.99. The topological polar surface area (TPSA) is 142 Å². The van der Waals surface area contributed by atoms with Crippen LogP contribution in [0.5, 0.6) is 0 Å². The Hall–Kier alpha value is -3.82. The standard InChI is InChI=1S/C35H54N6O4/c1-5-26(3)30(40-32(42)28-16-22-36-23-17-28)34(44)38-20-14-12-10-8-7-9-11-13-15-21-39-35(45)31(27(4)6-2)41-33(43)29-18-24-37-25-19-29/h16-19,22-27,30-31H,5-15,20-21H2,1-4H3,(H,38,44)(H,39,45)(H,40,42)(H,41,43)/t26?,27?,30-,31-/m0/s1. The maximum absolute atomic E-state index is 12.8. The van der Waals surface area contributed by atoms with Crippen molar-refractivity contribution in [2.75, 3.05) is 13.1 Å². The summed E-state index contributed by atoms with van der Waals surface area (Å²) in [7, 11) is 0. The maximum Gasteiger partial charge on any atom is 0.252 e. The van der Waals surface area contributed by atoms with Gasteiger partial charge in [-0.25, -0.2) is 0 Å². The fourth-order valence-electron chi connectivity index (χ4n) is 4.99. The molecule has 2 heterocycles. The van der Waals surface area contributed by atoms with Crippen LogP contribution in [-0.4, -0.2) is 58.8 Å². The Morgan fingerprint density at radius 3 is 1.18 bits per heavy atom. The summed E-state index contributed by atoms with van der Waals surface area (Å²) < 4.78 is 0. The molecule has 4 atom stereocenters. The molecule has 0 saturated heterocycles. The number of aromatic nitrogens is 2. The van der Waals surface area contributed by atoms with Crippen molar-refractivity contribution in [3.8, 4) is 0 Å². The van der Waals surface area contributed by atoms with Gasteiger partial charge in [-0.1, -0.05) is 85.5 Å². The van der Waals surface area contributed by atoms with Crippen LogP contribution in [0.15, 0.2) is 49.1 Å². The number of pyridine rings is 2.